The molecule has 0 unspecified atom stereocenters. The number of benzene rings is 3. The van der Waals surface area contributed by atoms with Crippen LogP contribution in [0.15, 0.2) is 86.6 Å². The number of hydrogen-bond acceptors (Lipinski definition) is 8. The number of fused-ring (bicyclic) bond motifs is 1. The second-order valence-electron chi connectivity index (χ2n) is 10.2. The van der Waals surface area contributed by atoms with E-state index in [2.05, 4.69) is 27.6 Å². The fourth-order valence-electron chi connectivity index (χ4n) is 4.84. The lowest BCUT2D eigenvalue weighted by Crippen LogP contribution is -2.40. The van der Waals surface area contributed by atoms with Gasteiger partial charge in [-0.15, -0.1) is 11.8 Å². The first kappa shape index (κ1) is 32.0. The lowest BCUT2D eigenvalue weighted by atomic mass is 9.96. The van der Waals surface area contributed by atoms with Gasteiger partial charge < -0.3 is 14.2 Å². The van der Waals surface area contributed by atoms with Gasteiger partial charge in [-0.2, -0.15) is 0 Å². The van der Waals surface area contributed by atoms with Gasteiger partial charge in [0.25, 0.3) is 5.56 Å². The molecule has 0 saturated carbocycles. The normalized spacial score (nSPS) is 14.8. The van der Waals surface area contributed by atoms with Crippen LogP contribution in [0.5, 0.6) is 11.5 Å². The number of halogens is 2. The summed E-state index contributed by atoms with van der Waals surface area (Å²) in [4.78, 5) is 33.6. The number of allylic oxidation sites excluding steroid dienone is 1. The van der Waals surface area contributed by atoms with E-state index in [0.29, 0.717) is 43.2 Å². The predicted molar refractivity (Wildman–Crippen MR) is 180 cm³/mol. The van der Waals surface area contributed by atoms with Crippen LogP contribution >= 0.6 is 45.7 Å². The zero-order chi connectivity index (χ0) is 31.5. The van der Waals surface area contributed by atoms with Gasteiger partial charge in [-0.1, -0.05) is 41.7 Å². The van der Waals surface area contributed by atoms with Gasteiger partial charge in [-0.3, -0.25) is 9.36 Å². The summed E-state index contributed by atoms with van der Waals surface area (Å²) in [5.74, 6) is 0.0868. The minimum Gasteiger partial charge on any atom is -0.493 e. The Kier molecular flexibility index (Phi) is 9.96. The molecule has 0 radical (unpaired) electrons. The summed E-state index contributed by atoms with van der Waals surface area (Å²) >= 11 is 5.00. The van der Waals surface area contributed by atoms with Crippen molar-refractivity contribution in [1.82, 2.24) is 4.57 Å². The summed E-state index contributed by atoms with van der Waals surface area (Å²) in [7, 11) is 1.53. The molecule has 0 N–H and O–H groups in total. The topological polar surface area (TPSA) is 79.1 Å². The third-order valence-electron chi connectivity index (χ3n) is 6.90. The van der Waals surface area contributed by atoms with Crippen LogP contribution < -0.4 is 24.4 Å². The number of nitrogens with zero attached hydrogens (tertiary/aromatic N) is 2. The van der Waals surface area contributed by atoms with Gasteiger partial charge in [-0.25, -0.2) is 14.2 Å². The number of thioether (sulfide) groups is 1. The molecule has 1 atom stereocenters. The van der Waals surface area contributed by atoms with E-state index < -0.39 is 12.0 Å². The summed E-state index contributed by atoms with van der Waals surface area (Å²) < 4.78 is 34.1. The number of carbonyl (C=O) groups is 1. The third-order valence-corrected chi connectivity index (χ3v) is 9.42. The molecule has 0 aliphatic carbocycles. The van der Waals surface area contributed by atoms with Crippen LogP contribution in [-0.4, -0.2) is 30.0 Å². The smallest absolute Gasteiger partial charge is 0.338 e. The minimum absolute atomic E-state index is 0.0375. The quantitative estimate of drug-likeness (QED) is 0.115. The highest BCUT2D eigenvalue weighted by Crippen LogP contribution is 2.35. The zero-order valence-electron chi connectivity index (χ0n) is 24.7. The highest BCUT2D eigenvalue weighted by molar-refractivity contribution is 14.1. The highest BCUT2D eigenvalue weighted by Gasteiger charge is 2.33. The van der Waals surface area contributed by atoms with Crippen LogP contribution in [0.1, 0.15) is 43.5 Å². The largest absolute Gasteiger partial charge is 0.493 e. The van der Waals surface area contributed by atoms with Crippen LogP contribution in [0.3, 0.4) is 0 Å². The molecule has 7 nitrogen and oxygen atoms in total. The Bertz CT molecular complexity index is 1930. The van der Waals surface area contributed by atoms with E-state index in [4.69, 9.17) is 14.2 Å². The number of thiazole rings is 1. The van der Waals surface area contributed by atoms with Gasteiger partial charge in [-0.05, 0) is 97.2 Å². The first-order chi connectivity index (χ1) is 21.1. The highest BCUT2D eigenvalue weighted by atomic mass is 127. The first-order valence-electron chi connectivity index (χ1n) is 13.7. The number of methoxy groups -OCH3 is 1. The summed E-state index contributed by atoms with van der Waals surface area (Å²) in [5.41, 5.74) is 2.50. The van der Waals surface area contributed by atoms with Gasteiger partial charge in [0.1, 0.15) is 12.4 Å². The lowest BCUT2D eigenvalue weighted by molar-refractivity contribution is -0.143. The maximum Gasteiger partial charge on any atom is 0.338 e. The second kappa shape index (κ2) is 13.7. The van der Waals surface area contributed by atoms with Crippen molar-refractivity contribution in [2.45, 2.75) is 44.4 Å². The monoisotopic (exact) mass is 744 g/mol. The lowest BCUT2D eigenvalue weighted by Gasteiger charge is -2.25. The molecule has 228 valence electrons. The average Bonchev–Trinajstić information content (AvgIpc) is 3.29. The van der Waals surface area contributed by atoms with Crippen LogP contribution in [0, 0.1) is 9.39 Å². The molecule has 1 aromatic heterocycles. The Labute approximate surface area is 276 Å². The minimum atomic E-state index is -0.695. The molecule has 44 heavy (non-hydrogen) atoms. The number of rotatable bonds is 9. The van der Waals surface area contributed by atoms with E-state index in [0.717, 1.165) is 14.0 Å². The molecule has 2 heterocycles. The maximum absolute atomic E-state index is 14.1. The number of carbonyl (C=O) groups excluding carboxylic acids is 1. The van der Waals surface area contributed by atoms with Crippen molar-refractivity contribution in [3.8, 4) is 11.5 Å². The van der Waals surface area contributed by atoms with Gasteiger partial charge in [0.2, 0.25) is 0 Å². The van der Waals surface area contributed by atoms with Crippen LogP contribution in [0.4, 0.5) is 4.39 Å². The molecule has 11 heteroatoms. The van der Waals surface area contributed by atoms with Gasteiger partial charge in [0.05, 0.1) is 38.6 Å². The van der Waals surface area contributed by atoms with E-state index in [1.807, 2.05) is 36.6 Å². The molecule has 5 rings (SSSR count). The molecule has 0 saturated heterocycles. The fraction of sp³-hybridized carbons (Fsp3) is 0.242. The van der Waals surface area contributed by atoms with Crippen LogP contribution in [-0.2, 0) is 16.1 Å². The van der Waals surface area contributed by atoms with Gasteiger partial charge in [0, 0.05) is 10.5 Å². The molecular weight excluding hydrogens is 714 g/mol. The van der Waals surface area contributed by atoms with Crippen molar-refractivity contribution < 1.29 is 23.4 Å². The van der Waals surface area contributed by atoms with Crippen molar-refractivity contribution >= 4 is 57.7 Å². The number of ether oxygens (including phenoxy) is 3. The summed E-state index contributed by atoms with van der Waals surface area (Å²) in [6.07, 6.45) is 3.43. The Morgan fingerprint density at radius 3 is 2.57 bits per heavy atom. The van der Waals surface area contributed by atoms with E-state index in [-0.39, 0.29) is 24.1 Å². The van der Waals surface area contributed by atoms with Gasteiger partial charge in [0.15, 0.2) is 16.3 Å². The molecule has 0 bridgehead atoms. The summed E-state index contributed by atoms with van der Waals surface area (Å²) in [6, 6.07) is 17.2. The van der Waals surface area contributed by atoms with Crippen molar-refractivity contribution in [3.05, 3.63) is 118 Å². The van der Waals surface area contributed by atoms with Crippen molar-refractivity contribution in [3.63, 3.8) is 0 Å². The number of hydrogen-bond donors (Lipinski definition) is 0. The van der Waals surface area contributed by atoms with Crippen molar-refractivity contribution in [2.75, 3.05) is 13.4 Å². The van der Waals surface area contributed by atoms with E-state index in [9.17, 15) is 14.0 Å². The molecule has 0 amide bonds. The Balaban J connectivity index is 1.58. The van der Waals surface area contributed by atoms with Crippen molar-refractivity contribution in [1.29, 1.82) is 0 Å². The summed E-state index contributed by atoms with van der Waals surface area (Å²) in [5, 5.41) is 0. The Morgan fingerprint density at radius 1 is 1.18 bits per heavy atom. The zero-order valence-corrected chi connectivity index (χ0v) is 28.5. The standard InChI is InChI=1S/C33H30FIN2O5S2/c1-18(2)42-32(39)28-19(3)36-33-37(29(28)21-10-12-23(43-5)13-11-21)31(38)27(44-33)16-20-14-25(35)30(26(15-20)40-4)41-17-22-8-6-7-9-24(22)34/h6-16,18,29H,17H2,1-5H3/b27-16-/t29-/m0/s1. The first-order valence-corrected chi connectivity index (χ1v) is 16.8. The second-order valence-corrected chi connectivity index (χ2v) is 13.3. The Morgan fingerprint density at radius 2 is 1.91 bits per heavy atom. The predicted octanol–water partition coefficient (Wildman–Crippen LogP) is 6.24. The molecule has 1 aliphatic rings. The molecule has 3 aromatic carbocycles. The third kappa shape index (κ3) is 6.64. The fourth-order valence-corrected chi connectivity index (χ4v) is 7.08. The maximum atomic E-state index is 14.1. The molecular formula is C33H30FIN2O5S2. The van der Waals surface area contributed by atoms with Gasteiger partial charge >= 0.3 is 5.97 Å². The number of esters is 1. The number of aromatic nitrogens is 1. The van der Waals surface area contributed by atoms with Crippen LogP contribution in [0.25, 0.3) is 6.08 Å². The SMILES string of the molecule is COc1cc(/C=c2\sc3n(c2=O)[C@@H](c2ccc(SC)cc2)C(C(=O)OC(C)C)=C(C)N=3)cc(I)c1OCc1ccccc1F. The van der Waals surface area contributed by atoms with E-state index in [1.165, 1.54) is 24.5 Å². The molecule has 0 fully saturated rings. The Hall–Kier alpha value is -3.42. The average molecular weight is 745 g/mol. The molecule has 4 aromatic rings. The summed E-state index contributed by atoms with van der Waals surface area (Å²) in [6.45, 7) is 5.38. The van der Waals surface area contributed by atoms with Crippen LogP contribution in [0.2, 0.25) is 0 Å². The van der Waals surface area contributed by atoms with E-state index in [1.54, 1.807) is 67.4 Å². The van der Waals surface area contributed by atoms with E-state index >= 15 is 0 Å². The molecule has 1 aliphatic heterocycles. The molecule has 0 spiro atoms. The van der Waals surface area contributed by atoms with Crippen molar-refractivity contribution in [2.24, 2.45) is 4.99 Å².